The fourth-order valence-electron chi connectivity index (χ4n) is 3.95. The van der Waals surface area contributed by atoms with Gasteiger partial charge in [-0.1, -0.05) is 50.3 Å². The van der Waals surface area contributed by atoms with E-state index in [4.69, 9.17) is 4.74 Å². The Morgan fingerprint density at radius 1 is 1.38 bits per heavy atom. The first-order chi connectivity index (χ1) is 12.2. The van der Waals surface area contributed by atoms with Gasteiger partial charge in [0.15, 0.2) is 6.61 Å². The van der Waals surface area contributed by atoms with Gasteiger partial charge in [-0.05, 0) is 50.2 Å². The average Bonchev–Trinajstić information content (AvgIpc) is 2.93. The minimum absolute atomic E-state index is 0.00425. The van der Waals surface area contributed by atoms with Crippen LogP contribution in [0.5, 0.6) is 5.19 Å². The second kappa shape index (κ2) is 7.39. The fraction of sp³-hybridized carbons (Fsp3) is 0.524. The van der Waals surface area contributed by atoms with Crippen molar-refractivity contribution in [2.24, 2.45) is 11.3 Å². The lowest BCUT2D eigenvalue weighted by Gasteiger charge is -2.38. The van der Waals surface area contributed by atoms with Gasteiger partial charge < -0.3 is 9.64 Å². The van der Waals surface area contributed by atoms with Gasteiger partial charge in [0, 0.05) is 11.7 Å². The lowest BCUT2D eigenvalue weighted by molar-refractivity contribution is -0.133. The number of hydrogen-bond donors (Lipinski definition) is 0. The molecule has 1 aromatic carbocycles. The van der Waals surface area contributed by atoms with Crippen molar-refractivity contribution < 1.29 is 9.53 Å². The Morgan fingerprint density at radius 3 is 2.77 bits per heavy atom. The Morgan fingerprint density at radius 2 is 2.12 bits per heavy atom. The van der Waals surface area contributed by atoms with E-state index >= 15 is 0 Å². The van der Waals surface area contributed by atoms with E-state index < -0.39 is 0 Å². The number of rotatable bonds is 5. The minimum Gasteiger partial charge on any atom is -0.460 e. The SMILES string of the molecule is CC1CC(N(C(=O)COc2nc3ccccc3s2)C(C)C)=CC(C)(C)C1. The Hall–Kier alpha value is -1.88. The number of carbonyl (C=O) groups is 1. The van der Waals surface area contributed by atoms with E-state index in [2.05, 4.69) is 45.7 Å². The van der Waals surface area contributed by atoms with Gasteiger partial charge in [-0.25, -0.2) is 4.98 Å². The van der Waals surface area contributed by atoms with Gasteiger partial charge in [0.25, 0.3) is 11.1 Å². The van der Waals surface area contributed by atoms with Crippen LogP contribution in [0.4, 0.5) is 0 Å². The van der Waals surface area contributed by atoms with Crippen LogP contribution < -0.4 is 4.74 Å². The molecule has 1 heterocycles. The molecule has 2 aromatic rings. The Kier molecular flexibility index (Phi) is 5.37. The molecule has 0 aliphatic heterocycles. The highest BCUT2D eigenvalue weighted by Crippen LogP contribution is 2.38. The van der Waals surface area contributed by atoms with Crippen LogP contribution in [-0.4, -0.2) is 28.4 Å². The first kappa shape index (κ1) is 18.9. The van der Waals surface area contributed by atoms with Crippen LogP contribution in [-0.2, 0) is 4.79 Å². The maximum atomic E-state index is 12.9. The molecule has 1 aliphatic carbocycles. The van der Waals surface area contributed by atoms with Gasteiger partial charge in [-0.15, -0.1) is 0 Å². The van der Waals surface area contributed by atoms with Crippen molar-refractivity contribution in [3.63, 3.8) is 0 Å². The molecule has 1 amide bonds. The molecule has 26 heavy (non-hydrogen) atoms. The molecule has 1 unspecified atom stereocenters. The summed E-state index contributed by atoms with van der Waals surface area (Å²) in [5.74, 6) is 0.569. The first-order valence-corrected chi connectivity index (χ1v) is 10.1. The zero-order valence-corrected chi connectivity index (χ0v) is 17.1. The predicted octanol–water partition coefficient (Wildman–Crippen LogP) is 5.25. The number of hydrogen-bond acceptors (Lipinski definition) is 4. The topological polar surface area (TPSA) is 42.4 Å². The largest absolute Gasteiger partial charge is 0.460 e. The molecule has 0 spiro atoms. The van der Waals surface area contributed by atoms with Crippen molar-refractivity contribution in [2.75, 3.05) is 6.61 Å². The number of allylic oxidation sites excluding steroid dienone is 2. The van der Waals surface area contributed by atoms with Gasteiger partial charge in [-0.2, -0.15) is 0 Å². The number of benzene rings is 1. The molecule has 0 saturated carbocycles. The molecule has 1 aromatic heterocycles. The number of para-hydroxylation sites is 1. The van der Waals surface area contributed by atoms with Gasteiger partial charge in [-0.3, -0.25) is 4.79 Å². The van der Waals surface area contributed by atoms with Gasteiger partial charge in [0.05, 0.1) is 10.2 Å². The standard InChI is InChI=1S/C21H28N2O2S/c1-14(2)23(16-10-15(3)11-21(4,5)12-16)19(24)13-25-20-22-17-8-6-7-9-18(17)26-20/h6-9,12,14-15H,10-11,13H2,1-5H3. The summed E-state index contributed by atoms with van der Waals surface area (Å²) in [6.45, 7) is 10.9. The molecule has 4 nitrogen and oxygen atoms in total. The monoisotopic (exact) mass is 372 g/mol. The van der Waals surface area contributed by atoms with E-state index in [-0.39, 0.29) is 24.0 Å². The highest BCUT2D eigenvalue weighted by Gasteiger charge is 2.31. The summed E-state index contributed by atoms with van der Waals surface area (Å²) in [4.78, 5) is 19.3. The lowest BCUT2D eigenvalue weighted by atomic mass is 9.76. The van der Waals surface area contributed by atoms with Gasteiger partial charge >= 0.3 is 0 Å². The van der Waals surface area contributed by atoms with Crippen molar-refractivity contribution in [1.29, 1.82) is 0 Å². The number of amides is 1. The molecule has 0 radical (unpaired) electrons. The molecule has 0 saturated heterocycles. The van der Waals surface area contributed by atoms with Crippen molar-refractivity contribution in [3.05, 3.63) is 36.0 Å². The van der Waals surface area contributed by atoms with E-state index in [1.165, 1.54) is 11.3 Å². The second-order valence-electron chi connectivity index (χ2n) is 8.23. The fourth-order valence-corrected chi connectivity index (χ4v) is 4.76. The second-order valence-corrected chi connectivity index (χ2v) is 9.22. The predicted molar refractivity (Wildman–Crippen MR) is 107 cm³/mol. The third-order valence-electron chi connectivity index (χ3n) is 4.68. The smallest absolute Gasteiger partial charge is 0.274 e. The molecule has 1 atom stereocenters. The lowest BCUT2D eigenvalue weighted by Crippen LogP contribution is -2.41. The van der Waals surface area contributed by atoms with Crippen LogP contribution >= 0.6 is 11.3 Å². The molecular formula is C21H28N2O2S. The summed E-state index contributed by atoms with van der Waals surface area (Å²) in [5.41, 5.74) is 2.15. The van der Waals surface area contributed by atoms with E-state index in [9.17, 15) is 4.79 Å². The van der Waals surface area contributed by atoms with Crippen molar-refractivity contribution in [1.82, 2.24) is 9.88 Å². The van der Waals surface area contributed by atoms with Gasteiger partial charge in [0.2, 0.25) is 0 Å². The average molecular weight is 373 g/mol. The Bertz CT molecular complexity index is 789. The summed E-state index contributed by atoms with van der Waals surface area (Å²) in [7, 11) is 0. The molecule has 1 aliphatic rings. The van der Waals surface area contributed by atoms with Crippen molar-refractivity contribution in [3.8, 4) is 5.19 Å². The highest BCUT2D eigenvalue weighted by atomic mass is 32.1. The maximum Gasteiger partial charge on any atom is 0.274 e. The van der Waals surface area contributed by atoms with Crippen molar-refractivity contribution in [2.45, 2.75) is 53.5 Å². The number of ether oxygens (including phenoxy) is 1. The maximum absolute atomic E-state index is 12.9. The first-order valence-electron chi connectivity index (χ1n) is 9.27. The summed E-state index contributed by atoms with van der Waals surface area (Å²) < 4.78 is 6.81. The van der Waals surface area contributed by atoms with Crippen LogP contribution in [0.1, 0.15) is 47.5 Å². The Labute approximate surface area is 159 Å². The summed E-state index contributed by atoms with van der Waals surface area (Å²) in [6, 6.07) is 8.01. The van der Waals surface area contributed by atoms with Crippen LogP contribution in [0.15, 0.2) is 36.0 Å². The van der Waals surface area contributed by atoms with E-state index in [0.717, 1.165) is 28.8 Å². The molecule has 0 fully saturated rings. The van der Waals surface area contributed by atoms with E-state index in [0.29, 0.717) is 11.1 Å². The molecule has 5 heteroatoms. The molecule has 140 valence electrons. The zero-order valence-electron chi connectivity index (χ0n) is 16.3. The van der Waals surface area contributed by atoms with Crippen LogP contribution in [0.2, 0.25) is 0 Å². The third-order valence-corrected chi connectivity index (χ3v) is 5.63. The minimum atomic E-state index is -0.00425. The summed E-state index contributed by atoms with van der Waals surface area (Å²) in [6.07, 6.45) is 4.36. The molecule has 0 N–H and O–H groups in total. The number of nitrogens with zero attached hydrogens (tertiary/aromatic N) is 2. The van der Waals surface area contributed by atoms with Crippen LogP contribution in [0.25, 0.3) is 10.2 Å². The molecule has 3 rings (SSSR count). The van der Waals surface area contributed by atoms with Crippen LogP contribution in [0.3, 0.4) is 0 Å². The van der Waals surface area contributed by atoms with Crippen molar-refractivity contribution >= 4 is 27.5 Å². The summed E-state index contributed by atoms with van der Waals surface area (Å²) in [5, 5.41) is 0.551. The quantitative estimate of drug-likeness (QED) is 0.720. The normalized spacial score (nSPS) is 19.5. The van der Waals surface area contributed by atoms with E-state index in [1.807, 2.05) is 29.2 Å². The third kappa shape index (κ3) is 4.26. The number of aromatic nitrogens is 1. The van der Waals surface area contributed by atoms with E-state index in [1.54, 1.807) is 0 Å². The van der Waals surface area contributed by atoms with Crippen LogP contribution in [0, 0.1) is 11.3 Å². The van der Waals surface area contributed by atoms with Gasteiger partial charge in [0.1, 0.15) is 0 Å². The zero-order chi connectivity index (χ0) is 18.9. The number of thiazole rings is 1. The molecule has 0 bridgehead atoms. The molecular weight excluding hydrogens is 344 g/mol. The summed E-state index contributed by atoms with van der Waals surface area (Å²) >= 11 is 1.48. The number of fused-ring (bicyclic) bond motifs is 1. The highest BCUT2D eigenvalue weighted by molar-refractivity contribution is 7.20. The number of carbonyl (C=O) groups excluding carboxylic acids is 1. The Balaban J connectivity index is 1.74.